The summed E-state index contributed by atoms with van der Waals surface area (Å²) in [5.74, 6) is 0. The predicted molar refractivity (Wildman–Crippen MR) is 254 cm³/mol. The number of anilines is 3. The minimum atomic E-state index is -0.332. The van der Waals surface area contributed by atoms with Crippen molar-refractivity contribution in [3.63, 3.8) is 0 Å². The van der Waals surface area contributed by atoms with Gasteiger partial charge in [-0.15, -0.1) is 0 Å². The first-order valence-corrected chi connectivity index (χ1v) is 21.3. The molecule has 2 heteroatoms. The van der Waals surface area contributed by atoms with E-state index >= 15 is 0 Å². The highest BCUT2D eigenvalue weighted by Crippen LogP contribution is 2.55. The van der Waals surface area contributed by atoms with Crippen LogP contribution in [0.1, 0.15) is 48.6 Å². The van der Waals surface area contributed by atoms with Crippen LogP contribution in [0.2, 0.25) is 0 Å². The van der Waals surface area contributed by atoms with Gasteiger partial charge in [0.1, 0.15) is 11.2 Å². The lowest BCUT2D eigenvalue weighted by atomic mass is 9.74. The predicted octanol–water partition coefficient (Wildman–Crippen LogP) is 16.0. The van der Waals surface area contributed by atoms with E-state index in [4.69, 9.17) is 4.42 Å². The Morgan fingerprint density at radius 1 is 0.377 bits per heavy atom. The number of fused-ring (bicyclic) bond motifs is 9. The van der Waals surface area contributed by atoms with Gasteiger partial charge in [-0.1, -0.05) is 172 Å². The van der Waals surface area contributed by atoms with Gasteiger partial charge in [-0.2, -0.15) is 0 Å². The smallest absolute Gasteiger partial charge is 0.136 e. The number of rotatable bonds is 6. The van der Waals surface area contributed by atoms with Crippen molar-refractivity contribution < 1.29 is 4.42 Å². The second-order valence-electron chi connectivity index (χ2n) is 17.4. The van der Waals surface area contributed by atoms with Gasteiger partial charge in [0.25, 0.3) is 0 Å². The number of para-hydroxylation sites is 1. The molecule has 0 radical (unpaired) electrons. The molecule has 0 saturated carbocycles. The summed E-state index contributed by atoms with van der Waals surface area (Å²) in [6.07, 6.45) is 0. The third-order valence-electron chi connectivity index (χ3n) is 13.7. The number of benzene rings is 9. The molecule has 0 spiro atoms. The standard InChI is InChI=1S/C59H43NO/c1-58(2)51-29-10-7-24-47(51)49-28-15-27-45(57(49)58)39-18-14-22-42(36-39)60(41-21-13-17-38(35-41)44-26-16-32-55-56(44)50-25-9-12-31-54(50)61-55)43-33-34-48-46-23-8-11-30-52(46)59(3,53(48)37-43)40-19-5-4-6-20-40/h4-37H,1-3H3. The quantitative estimate of drug-likeness (QED) is 0.167. The number of hydrogen-bond acceptors (Lipinski definition) is 2. The molecule has 2 aliphatic carbocycles. The van der Waals surface area contributed by atoms with Gasteiger partial charge in [-0.25, -0.2) is 0 Å². The summed E-state index contributed by atoms with van der Waals surface area (Å²) in [4.78, 5) is 2.46. The average Bonchev–Trinajstić information content (AvgIpc) is 3.90. The van der Waals surface area contributed by atoms with Crippen LogP contribution in [0.3, 0.4) is 0 Å². The fourth-order valence-electron chi connectivity index (χ4n) is 10.9. The van der Waals surface area contributed by atoms with Crippen LogP contribution < -0.4 is 4.90 Å². The molecule has 1 atom stereocenters. The highest BCUT2D eigenvalue weighted by molar-refractivity contribution is 6.12. The SMILES string of the molecule is CC1(C)c2ccccc2-c2cccc(-c3cccc(N(c4cccc(-c5cccc6oc7ccccc7c56)c4)c4ccc5c(c4)C(C)(c4ccccc4)c4ccccc4-5)c3)c21. The van der Waals surface area contributed by atoms with Gasteiger partial charge in [0.15, 0.2) is 0 Å². The Bertz CT molecular complexity index is 3370. The van der Waals surface area contributed by atoms with E-state index in [1.807, 2.05) is 6.07 Å². The van der Waals surface area contributed by atoms with Crippen molar-refractivity contribution in [2.75, 3.05) is 4.90 Å². The third-order valence-corrected chi connectivity index (χ3v) is 13.7. The van der Waals surface area contributed by atoms with E-state index in [0.29, 0.717) is 0 Å². The van der Waals surface area contributed by atoms with Crippen molar-refractivity contribution in [2.45, 2.75) is 31.6 Å². The molecule has 12 rings (SSSR count). The lowest BCUT2D eigenvalue weighted by molar-refractivity contribution is 0.662. The molecule has 61 heavy (non-hydrogen) atoms. The molecule has 2 aliphatic rings. The zero-order valence-corrected chi connectivity index (χ0v) is 34.5. The molecule has 0 fully saturated rings. The summed E-state index contributed by atoms with van der Waals surface area (Å²) in [6.45, 7) is 7.14. The Morgan fingerprint density at radius 2 is 0.918 bits per heavy atom. The molecule has 290 valence electrons. The molecular weight excluding hydrogens is 739 g/mol. The van der Waals surface area contributed by atoms with Crippen LogP contribution in [0.5, 0.6) is 0 Å². The van der Waals surface area contributed by atoms with E-state index in [9.17, 15) is 0 Å². The van der Waals surface area contributed by atoms with Gasteiger partial charge in [0, 0.05) is 38.7 Å². The minimum absolute atomic E-state index is 0.137. The molecule has 10 aromatic rings. The van der Waals surface area contributed by atoms with E-state index in [0.717, 1.165) is 50.1 Å². The van der Waals surface area contributed by atoms with E-state index in [1.54, 1.807) is 0 Å². The van der Waals surface area contributed by atoms with Gasteiger partial charge in [0.05, 0.1) is 0 Å². The van der Waals surface area contributed by atoms with Crippen molar-refractivity contribution in [1.82, 2.24) is 0 Å². The second kappa shape index (κ2) is 13.3. The molecule has 9 aromatic carbocycles. The molecule has 0 saturated heterocycles. The minimum Gasteiger partial charge on any atom is -0.456 e. The maximum absolute atomic E-state index is 6.37. The topological polar surface area (TPSA) is 16.4 Å². The summed E-state index contributed by atoms with van der Waals surface area (Å²) < 4.78 is 6.37. The van der Waals surface area contributed by atoms with E-state index < -0.39 is 0 Å². The number of hydrogen-bond donors (Lipinski definition) is 0. The van der Waals surface area contributed by atoms with Crippen molar-refractivity contribution in [2.24, 2.45) is 0 Å². The van der Waals surface area contributed by atoms with E-state index in [2.05, 4.69) is 226 Å². The van der Waals surface area contributed by atoms with Crippen molar-refractivity contribution >= 4 is 39.0 Å². The molecule has 0 aliphatic heterocycles. The van der Waals surface area contributed by atoms with Crippen LogP contribution >= 0.6 is 0 Å². The van der Waals surface area contributed by atoms with Gasteiger partial charge in [-0.3, -0.25) is 0 Å². The van der Waals surface area contributed by atoms with E-state index in [-0.39, 0.29) is 10.8 Å². The lowest BCUT2D eigenvalue weighted by Crippen LogP contribution is -2.22. The Kier molecular flexibility index (Phi) is 7.74. The van der Waals surface area contributed by atoms with Crippen LogP contribution in [-0.2, 0) is 10.8 Å². The molecule has 2 nitrogen and oxygen atoms in total. The normalized spacial score (nSPS) is 15.7. The summed E-state index contributed by atoms with van der Waals surface area (Å²) in [6, 6.07) is 75.8. The molecule has 1 heterocycles. The molecule has 1 unspecified atom stereocenters. The monoisotopic (exact) mass is 781 g/mol. The molecule has 1 aromatic heterocycles. The molecule has 0 amide bonds. The second-order valence-corrected chi connectivity index (χ2v) is 17.4. The zero-order chi connectivity index (χ0) is 40.9. The van der Waals surface area contributed by atoms with Crippen LogP contribution in [0.25, 0.3) is 66.4 Å². The molecular formula is C59H43NO. The first-order chi connectivity index (χ1) is 29.9. The largest absolute Gasteiger partial charge is 0.456 e. The Morgan fingerprint density at radius 3 is 1.70 bits per heavy atom. The zero-order valence-electron chi connectivity index (χ0n) is 34.5. The van der Waals surface area contributed by atoms with E-state index in [1.165, 1.54) is 61.2 Å². The van der Waals surface area contributed by atoms with Gasteiger partial charge >= 0.3 is 0 Å². The van der Waals surface area contributed by atoms with Gasteiger partial charge < -0.3 is 9.32 Å². The van der Waals surface area contributed by atoms with Crippen molar-refractivity contribution in [3.8, 4) is 44.5 Å². The summed E-state index contributed by atoms with van der Waals surface area (Å²) in [5, 5.41) is 2.26. The molecule has 0 N–H and O–H groups in total. The lowest BCUT2D eigenvalue weighted by Gasteiger charge is -2.31. The number of furan rings is 1. The maximum Gasteiger partial charge on any atom is 0.136 e. The average molecular weight is 782 g/mol. The van der Waals surface area contributed by atoms with Gasteiger partial charge in [0.2, 0.25) is 0 Å². The molecule has 0 bridgehead atoms. The fraction of sp³-hybridized carbons (Fsp3) is 0.0847. The van der Waals surface area contributed by atoms with Crippen LogP contribution in [-0.4, -0.2) is 0 Å². The van der Waals surface area contributed by atoms with Crippen LogP contribution in [0.4, 0.5) is 17.1 Å². The van der Waals surface area contributed by atoms with Gasteiger partial charge in [-0.05, 0) is 128 Å². The Balaban J connectivity index is 1.07. The third kappa shape index (κ3) is 5.22. The summed E-state index contributed by atoms with van der Waals surface area (Å²) in [7, 11) is 0. The highest BCUT2D eigenvalue weighted by Gasteiger charge is 2.41. The van der Waals surface area contributed by atoms with Crippen LogP contribution in [0.15, 0.2) is 211 Å². The summed E-state index contributed by atoms with van der Waals surface area (Å²) in [5.41, 5.74) is 21.3. The highest BCUT2D eigenvalue weighted by atomic mass is 16.3. The number of nitrogens with zero attached hydrogens (tertiary/aromatic N) is 1. The van der Waals surface area contributed by atoms with Crippen LogP contribution in [0, 0.1) is 0 Å². The Hall–Kier alpha value is -7.42. The van der Waals surface area contributed by atoms with Crippen molar-refractivity contribution in [1.29, 1.82) is 0 Å². The van der Waals surface area contributed by atoms with Crippen molar-refractivity contribution in [3.05, 3.63) is 234 Å². The first-order valence-electron chi connectivity index (χ1n) is 21.3. The Labute approximate surface area is 357 Å². The summed E-state index contributed by atoms with van der Waals surface area (Å²) >= 11 is 0. The maximum atomic E-state index is 6.37. The fourth-order valence-corrected chi connectivity index (χ4v) is 10.9. The first kappa shape index (κ1) is 35.5.